The number of hydrogen-bond acceptors (Lipinski definition) is 5. The van der Waals surface area contributed by atoms with E-state index in [-0.39, 0.29) is 24.9 Å². The number of fused-ring (bicyclic) bond motifs is 1. The Kier molecular flexibility index (Phi) is 4.53. The molecule has 2 N–H and O–H groups in total. The lowest BCUT2D eigenvalue weighted by Gasteiger charge is -2.40. The van der Waals surface area contributed by atoms with Crippen LogP contribution >= 0.6 is 0 Å². The highest BCUT2D eigenvalue weighted by Gasteiger charge is 2.37. The quantitative estimate of drug-likeness (QED) is 0.902. The number of benzene rings is 2. The van der Waals surface area contributed by atoms with Crippen LogP contribution in [0, 0.1) is 0 Å². The molecule has 2 aromatic carbocycles. The summed E-state index contributed by atoms with van der Waals surface area (Å²) in [5, 5.41) is 0. The fourth-order valence-electron chi connectivity index (χ4n) is 3.48. The molecule has 1 saturated heterocycles. The Morgan fingerprint density at radius 1 is 1.00 bits per heavy atom. The number of amides is 1. The minimum Gasteiger partial charge on any atom is -0.454 e. The van der Waals surface area contributed by atoms with Crippen molar-refractivity contribution in [1.29, 1.82) is 0 Å². The van der Waals surface area contributed by atoms with E-state index in [0.717, 1.165) is 16.9 Å². The summed E-state index contributed by atoms with van der Waals surface area (Å²) in [7, 11) is 0. The van der Waals surface area contributed by atoms with E-state index in [1.807, 2.05) is 48.5 Å². The van der Waals surface area contributed by atoms with Crippen LogP contribution in [0.4, 0.5) is 0 Å². The maximum absolute atomic E-state index is 12.9. The molecule has 0 spiro atoms. The van der Waals surface area contributed by atoms with Crippen LogP contribution < -0.4 is 15.2 Å². The van der Waals surface area contributed by atoms with E-state index in [0.29, 0.717) is 18.8 Å². The number of nitrogens with zero attached hydrogens (tertiary/aromatic N) is 1. The van der Waals surface area contributed by atoms with E-state index in [9.17, 15) is 4.79 Å². The first-order valence-electron chi connectivity index (χ1n) is 9.10. The summed E-state index contributed by atoms with van der Waals surface area (Å²) in [4.78, 5) is 14.7. The van der Waals surface area contributed by atoms with Gasteiger partial charge in [-0.1, -0.05) is 36.4 Å². The first-order valence-corrected chi connectivity index (χ1v) is 9.10. The van der Waals surface area contributed by atoms with Gasteiger partial charge in [0.25, 0.3) is 0 Å². The predicted molar refractivity (Wildman–Crippen MR) is 100 cm³/mol. The van der Waals surface area contributed by atoms with E-state index in [1.54, 1.807) is 18.7 Å². The molecule has 6 nitrogen and oxygen atoms in total. The minimum atomic E-state index is -0.933. The molecule has 2 heterocycles. The molecule has 2 aromatic rings. The second kappa shape index (κ2) is 6.87. The maximum atomic E-state index is 12.9. The first-order chi connectivity index (χ1) is 12.9. The van der Waals surface area contributed by atoms with Crippen LogP contribution in [0.3, 0.4) is 0 Å². The lowest BCUT2D eigenvalue weighted by molar-refractivity contribution is -0.151. The zero-order valence-electron chi connectivity index (χ0n) is 15.6. The van der Waals surface area contributed by atoms with Crippen molar-refractivity contribution in [2.45, 2.75) is 31.6 Å². The summed E-state index contributed by atoms with van der Waals surface area (Å²) in [6.45, 7) is 4.62. The minimum absolute atomic E-state index is 0.0857. The highest BCUT2D eigenvalue weighted by Crippen LogP contribution is 2.38. The molecule has 2 aliphatic heterocycles. The average molecular weight is 368 g/mol. The standard InChI is InChI=1S/C21H24N2O4/c1-21(2,22)20(24)23-11-18(14-6-4-3-5-7-14)27-19(12-23)15-8-9-16-17(10-15)26-13-25-16/h3-10,18-19H,11-13,22H2,1-2H3/t18-,19+/m0/s1. The molecule has 2 aliphatic rings. The lowest BCUT2D eigenvalue weighted by Crippen LogP contribution is -2.55. The van der Waals surface area contributed by atoms with E-state index >= 15 is 0 Å². The molecule has 1 amide bonds. The molecule has 0 saturated carbocycles. The monoisotopic (exact) mass is 368 g/mol. The lowest BCUT2D eigenvalue weighted by atomic mass is 9.99. The SMILES string of the molecule is CC(C)(N)C(=O)N1C[C@@H](c2ccccc2)O[C@@H](c2ccc3c(c2)OCO3)C1. The molecular weight excluding hydrogens is 344 g/mol. The van der Waals surface area contributed by atoms with Gasteiger partial charge in [-0.05, 0) is 37.1 Å². The molecule has 0 radical (unpaired) electrons. The van der Waals surface area contributed by atoms with E-state index in [4.69, 9.17) is 19.9 Å². The van der Waals surface area contributed by atoms with Gasteiger partial charge in [-0.3, -0.25) is 4.79 Å². The molecular formula is C21H24N2O4. The average Bonchev–Trinajstić information content (AvgIpc) is 3.15. The number of morpholine rings is 1. The summed E-state index contributed by atoms with van der Waals surface area (Å²) in [5.74, 6) is 1.35. The molecule has 142 valence electrons. The van der Waals surface area contributed by atoms with Crippen LogP contribution in [0.5, 0.6) is 11.5 Å². The van der Waals surface area contributed by atoms with Gasteiger partial charge in [-0.2, -0.15) is 0 Å². The summed E-state index contributed by atoms with van der Waals surface area (Å²) in [6.07, 6.45) is -0.494. The zero-order chi connectivity index (χ0) is 19.0. The topological polar surface area (TPSA) is 74.0 Å². The Bertz CT molecular complexity index is 832. The van der Waals surface area contributed by atoms with E-state index in [1.165, 1.54) is 0 Å². The maximum Gasteiger partial charge on any atom is 0.242 e. The Morgan fingerprint density at radius 2 is 1.67 bits per heavy atom. The molecule has 27 heavy (non-hydrogen) atoms. The van der Waals surface area contributed by atoms with E-state index in [2.05, 4.69) is 0 Å². The van der Waals surface area contributed by atoms with Gasteiger partial charge in [0.15, 0.2) is 11.5 Å². The number of rotatable bonds is 3. The van der Waals surface area contributed by atoms with Crippen molar-refractivity contribution in [3.8, 4) is 11.5 Å². The van der Waals surface area contributed by atoms with Gasteiger partial charge in [-0.25, -0.2) is 0 Å². The second-order valence-corrected chi connectivity index (χ2v) is 7.57. The van der Waals surface area contributed by atoms with Crippen LogP contribution in [0.15, 0.2) is 48.5 Å². The van der Waals surface area contributed by atoms with Crippen molar-refractivity contribution >= 4 is 5.91 Å². The fourth-order valence-corrected chi connectivity index (χ4v) is 3.48. The fraction of sp³-hybridized carbons (Fsp3) is 0.381. The third-order valence-corrected chi connectivity index (χ3v) is 4.88. The molecule has 0 aromatic heterocycles. The molecule has 4 rings (SSSR count). The van der Waals surface area contributed by atoms with Gasteiger partial charge in [0, 0.05) is 0 Å². The number of hydrogen-bond donors (Lipinski definition) is 1. The summed E-state index contributed by atoms with van der Waals surface area (Å²) in [6, 6.07) is 15.7. The molecule has 6 heteroatoms. The Morgan fingerprint density at radius 3 is 2.37 bits per heavy atom. The second-order valence-electron chi connectivity index (χ2n) is 7.57. The number of ether oxygens (including phenoxy) is 3. The van der Waals surface area contributed by atoms with Crippen LogP contribution in [0.1, 0.15) is 37.2 Å². The van der Waals surface area contributed by atoms with Crippen molar-refractivity contribution in [2.75, 3.05) is 19.9 Å². The van der Waals surface area contributed by atoms with Gasteiger partial charge in [0.2, 0.25) is 12.7 Å². The van der Waals surface area contributed by atoms with Gasteiger partial charge < -0.3 is 24.8 Å². The third-order valence-electron chi connectivity index (χ3n) is 4.88. The highest BCUT2D eigenvalue weighted by atomic mass is 16.7. The summed E-state index contributed by atoms with van der Waals surface area (Å²) in [5.41, 5.74) is 7.14. The van der Waals surface area contributed by atoms with Gasteiger partial charge in [0.05, 0.1) is 18.6 Å². The van der Waals surface area contributed by atoms with Crippen LogP contribution in [0.2, 0.25) is 0 Å². The van der Waals surface area contributed by atoms with Crippen molar-refractivity contribution < 1.29 is 19.0 Å². The molecule has 1 fully saturated rings. The van der Waals surface area contributed by atoms with Crippen LogP contribution in [0.25, 0.3) is 0 Å². The van der Waals surface area contributed by atoms with Crippen LogP contribution in [-0.4, -0.2) is 36.2 Å². The molecule has 0 aliphatic carbocycles. The molecule has 2 atom stereocenters. The normalized spacial score (nSPS) is 22.0. The Labute approximate surface area is 158 Å². The largest absolute Gasteiger partial charge is 0.454 e. The smallest absolute Gasteiger partial charge is 0.242 e. The van der Waals surface area contributed by atoms with Gasteiger partial charge >= 0.3 is 0 Å². The predicted octanol–water partition coefficient (Wildman–Crippen LogP) is 2.79. The van der Waals surface area contributed by atoms with Gasteiger partial charge in [-0.15, -0.1) is 0 Å². The molecule has 0 bridgehead atoms. The van der Waals surface area contributed by atoms with Crippen molar-refractivity contribution in [3.63, 3.8) is 0 Å². The number of nitrogens with two attached hydrogens (primary N) is 1. The number of carbonyl (C=O) groups excluding carboxylic acids is 1. The van der Waals surface area contributed by atoms with Crippen molar-refractivity contribution in [3.05, 3.63) is 59.7 Å². The Balaban J connectivity index is 1.65. The van der Waals surface area contributed by atoms with Crippen molar-refractivity contribution in [1.82, 2.24) is 4.90 Å². The zero-order valence-corrected chi connectivity index (χ0v) is 15.6. The van der Waals surface area contributed by atoms with Gasteiger partial charge in [0.1, 0.15) is 12.2 Å². The first kappa shape index (κ1) is 17.8. The molecule has 0 unspecified atom stereocenters. The highest BCUT2D eigenvalue weighted by molar-refractivity contribution is 5.85. The van der Waals surface area contributed by atoms with E-state index < -0.39 is 5.54 Å². The third kappa shape index (κ3) is 3.63. The summed E-state index contributed by atoms with van der Waals surface area (Å²) < 4.78 is 17.3. The van der Waals surface area contributed by atoms with Crippen molar-refractivity contribution in [2.24, 2.45) is 5.73 Å². The van der Waals surface area contributed by atoms with Crippen LogP contribution in [-0.2, 0) is 9.53 Å². The Hall–Kier alpha value is -2.57. The number of carbonyl (C=O) groups is 1. The summed E-state index contributed by atoms with van der Waals surface area (Å²) >= 11 is 0.